The van der Waals surface area contributed by atoms with Gasteiger partial charge in [-0.2, -0.15) is 0 Å². The molecule has 1 rings (SSSR count). The van der Waals surface area contributed by atoms with Gasteiger partial charge in [0.25, 0.3) is 0 Å². The predicted molar refractivity (Wildman–Crippen MR) is 80.5 cm³/mol. The third-order valence-corrected chi connectivity index (χ3v) is 3.28. The summed E-state index contributed by atoms with van der Waals surface area (Å²) in [7, 11) is 2.82. The molecule has 0 bridgehead atoms. The number of amides is 1. The first-order valence-electron chi connectivity index (χ1n) is 6.59. The van der Waals surface area contributed by atoms with Gasteiger partial charge in [0.05, 0.1) is 19.2 Å². The number of nitrogens with one attached hydrogen (secondary N) is 1. The van der Waals surface area contributed by atoms with Crippen LogP contribution in [0.5, 0.6) is 5.75 Å². The first-order chi connectivity index (χ1) is 9.88. The smallest absolute Gasteiger partial charge is 0.328 e. The van der Waals surface area contributed by atoms with Crippen molar-refractivity contribution in [2.24, 2.45) is 5.92 Å². The largest absolute Gasteiger partial charge is 0.495 e. The number of benzene rings is 1. The molecule has 1 aromatic carbocycles. The molecule has 1 N–H and O–H groups in total. The fraction of sp³-hybridized carbons (Fsp3) is 0.467. The Labute approximate surface area is 129 Å². The van der Waals surface area contributed by atoms with Crippen LogP contribution >= 0.6 is 11.6 Å². The molecule has 0 aliphatic rings. The van der Waals surface area contributed by atoms with Crippen LogP contribution in [0.4, 0.5) is 0 Å². The van der Waals surface area contributed by atoms with E-state index in [-0.39, 0.29) is 11.8 Å². The quantitative estimate of drug-likeness (QED) is 0.818. The molecule has 0 saturated heterocycles. The van der Waals surface area contributed by atoms with Crippen LogP contribution in [0.3, 0.4) is 0 Å². The van der Waals surface area contributed by atoms with Gasteiger partial charge in [-0.15, -0.1) is 0 Å². The average molecular weight is 314 g/mol. The van der Waals surface area contributed by atoms with Gasteiger partial charge in [0, 0.05) is 12.3 Å². The van der Waals surface area contributed by atoms with E-state index in [2.05, 4.69) is 5.32 Å². The third-order valence-electron chi connectivity index (χ3n) is 2.98. The topological polar surface area (TPSA) is 64.6 Å². The van der Waals surface area contributed by atoms with E-state index >= 15 is 0 Å². The minimum absolute atomic E-state index is 0.204. The zero-order valence-electron chi connectivity index (χ0n) is 12.6. The van der Waals surface area contributed by atoms with Gasteiger partial charge in [-0.25, -0.2) is 4.79 Å². The van der Waals surface area contributed by atoms with Crippen molar-refractivity contribution in [3.8, 4) is 5.75 Å². The fourth-order valence-electron chi connectivity index (χ4n) is 1.75. The van der Waals surface area contributed by atoms with Gasteiger partial charge in [0.2, 0.25) is 5.91 Å². The molecule has 0 fully saturated rings. The number of carbonyl (C=O) groups excluding carboxylic acids is 2. The summed E-state index contributed by atoms with van der Waals surface area (Å²) in [6.07, 6.45) is 0.300. The van der Waals surface area contributed by atoms with Crippen LogP contribution in [0.2, 0.25) is 5.02 Å². The normalized spacial score (nSPS) is 11.9. The number of methoxy groups -OCH3 is 2. The van der Waals surface area contributed by atoms with Gasteiger partial charge < -0.3 is 14.8 Å². The van der Waals surface area contributed by atoms with Crippen molar-refractivity contribution in [1.29, 1.82) is 0 Å². The Bertz CT molecular complexity index is 516. The average Bonchev–Trinajstić information content (AvgIpc) is 2.45. The minimum Gasteiger partial charge on any atom is -0.495 e. The maximum absolute atomic E-state index is 11.8. The maximum Gasteiger partial charge on any atom is 0.328 e. The SMILES string of the molecule is COC(=O)[C@H](Cc1ccc(OC)c(Cl)c1)NC(=O)C(C)C. The van der Waals surface area contributed by atoms with Gasteiger partial charge in [0.1, 0.15) is 11.8 Å². The van der Waals surface area contributed by atoms with Crippen molar-refractivity contribution in [2.45, 2.75) is 26.3 Å². The first-order valence-corrected chi connectivity index (χ1v) is 6.97. The van der Waals surface area contributed by atoms with Crippen LogP contribution in [0.15, 0.2) is 18.2 Å². The fourth-order valence-corrected chi connectivity index (χ4v) is 2.03. The van der Waals surface area contributed by atoms with Crippen molar-refractivity contribution in [3.05, 3.63) is 28.8 Å². The summed E-state index contributed by atoms with van der Waals surface area (Å²) >= 11 is 6.05. The highest BCUT2D eigenvalue weighted by atomic mass is 35.5. The van der Waals surface area contributed by atoms with E-state index in [0.717, 1.165) is 5.56 Å². The zero-order valence-corrected chi connectivity index (χ0v) is 13.4. The van der Waals surface area contributed by atoms with Crippen molar-refractivity contribution < 1.29 is 19.1 Å². The summed E-state index contributed by atoms with van der Waals surface area (Å²) < 4.78 is 9.81. The van der Waals surface area contributed by atoms with Crippen molar-refractivity contribution in [3.63, 3.8) is 0 Å². The summed E-state index contributed by atoms with van der Waals surface area (Å²) in [5, 5.41) is 3.13. The zero-order chi connectivity index (χ0) is 16.0. The Kier molecular flexibility index (Phi) is 6.49. The van der Waals surface area contributed by atoms with Gasteiger partial charge in [0.15, 0.2) is 0 Å². The molecule has 1 aromatic rings. The molecule has 5 nitrogen and oxygen atoms in total. The Morgan fingerprint density at radius 2 is 1.95 bits per heavy atom. The molecule has 21 heavy (non-hydrogen) atoms. The number of rotatable bonds is 6. The lowest BCUT2D eigenvalue weighted by Crippen LogP contribution is -2.44. The molecule has 1 amide bonds. The van der Waals surface area contributed by atoms with Crippen molar-refractivity contribution in [2.75, 3.05) is 14.2 Å². The summed E-state index contributed by atoms with van der Waals surface area (Å²) in [6.45, 7) is 3.52. The molecule has 1 atom stereocenters. The molecule has 0 aliphatic carbocycles. The van der Waals surface area contributed by atoms with Gasteiger partial charge in [-0.1, -0.05) is 31.5 Å². The molecular formula is C15H20ClNO4. The number of ether oxygens (including phenoxy) is 2. The van der Waals surface area contributed by atoms with Crippen molar-refractivity contribution >= 4 is 23.5 Å². The van der Waals surface area contributed by atoms with Gasteiger partial charge >= 0.3 is 5.97 Å². The van der Waals surface area contributed by atoms with Crippen molar-refractivity contribution in [1.82, 2.24) is 5.32 Å². The van der Waals surface area contributed by atoms with Crippen LogP contribution in [-0.2, 0) is 20.7 Å². The van der Waals surface area contributed by atoms with E-state index < -0.39 is 12.0 Å². The molecule has 0 unspecified atom stereocenters. The van der Waals surface area contributed by atoms with Gasteiger partial charge in [-0.3, -0.25) is 4.79 Å². The van der Waals surface area contributed by atoms with Crippen LogP contribution in [0, 0.1) is 5.92 Å². The lowest BCUT2D eigenvalue weighted by atomic mass is 10.0. The Morgan fingerprint density at radius 3 is 2.43 bits per heavy atom. The van der Waals surface area contributed by atoms with E-state index in [1.165, 1.54) is 14.2 Å². The highest BCUT2D eigenvalue weighted by Crippen LogP contribution is 2.25. The Hall–Kier alpha value is -1.75. The molecule has 0 spiro atoms. The highest BCUT2D eigenvalue weighted by molar-refractivity contribution is 6.32. The summed E-state index contributed by atoms with van der Waals surface area (Å²) in [4.78, 5) is 23.6. The van der Waals surface area contributed by atoms with E-state index in [0.29, 0.717) is 17.2 Å². The van der Waals surface area contributed by atoms with E-state index in [1.807, 2.05) is 0 Å². The van der Waals surface area contributed by atoms with Crippen LogP contribution < -0.4 is 10.1 Å². The molecular weight excluding hydrogens is 294 g/mol. The predicted octanol–water partition coefficient (Wildman–Crippen LogP) is 2.20. The number of hydrogen-bond donors (Lipinski definition) is 1. The summed E-state index contributed by atoms with van der Waals surface area (Å²) in [5.74, 6) is -0.348. The first kappa shape index (κ1) is 17.3. The molecule has 0 radical (unpaired) electrons. The summed E-state index contributed by atoms with van der Waals surface area (Å²) in [5.41, 5.74) is 0.806. The van der Waals surface area contributed by atoms with Gasteiger partial charge in [-0.05, 0) is 17.7 Å². The summed E-state index contributed by atoms with van der Waals surface area (Å²) in [6, 6.07) is 4.48. The van der Waals surface area contributed by atoms with E-state index in [1.54, 1.807) is 32.0 Å². The molecule has 116 valence electrons. The van der Waals surface area contributed by atoms with Crippen LogP contribution in [0.1, 0.15) is 19.4 Å². The maximum atomic E-state index is 11.8. The highest BCUT2D eigenvalue weighted by Gasteiger charge is 2.23. The second kappa shape index (κ2) is 7.88. The standard InChI is InChI=1S/C15H20ClNO4/c1-9(2)14(18)17-12(15(19)21-4)8-10-5-6-13(20-3)11(16)7-10/h5-7,9,12H,8H2,1-4H3,(H,17,18)/t12-/m0/s1. The second-order valence-electron chi connectivity index (χ2n) is 4.91. The lowest BCUT2D eigenvalue weighted by molar-refractivity contribution is -0.145. The molecule has 0 aliphatic heterocycles. The number of halogens is 1. The molecule has 0 heterocycles. The number of hydrogen-bond acceptors (Lipinski definition) is 4. The second-order valence-corrected chi connectivity index (χ2v) is 5.32. The van der Waals surface area contributed by atoms with Crippen LogP contribution in [-0.4, -0.2) is 32.1 Å². The third kappa shape index (κ3) is 4.93. The number of esters is 1. The lowest BCUT2D eigenvalue weighted by Gasteiger charge is -2.18. The minimum atomic E-state index is -0.741. The van der Waals surface area contributed by atoms with E-state index in [4.69, 9.17) is 21.1 Å². The molecule has 0 aromatic heterocycles. The monoisotopic (exact) mass is 313 g/mol. The Balaban J connectivity index is 2.88. The number of carbonyl (C=O) groups is 2. The molecule has 0 saturated carbocycles. The van der Waals surface area contributed by atoms with E-state index in [9.17, 15) is 9.59 Å². The Morgan fingerprint density at radius 1 is 1.29 bits per heavy atom. The van der Waals surface area contributed by atoms with Crippen LogP contribution in [0.25, 0.3) is 0 Å². The molecule has 6 heteroatoms.